The van der Waals surface area contributed by atoms with Gasteiger partial charge < -0.3 is 25.6 Å². The average Bonchev–Trinajstić information content (AvgIpc) is 2.74. The number of anilines is 1. The Balaban J connectivity index is 2.29. The van der Waals surface area contributed by atoms with Crippen LogP contribution in [0.3, 0.4) is 0 Å². The number of rotatable bonds is 6. The summed E-state index contributed by atoms with van der Waals surface area (Å²) in [4.78, 5) is 14.3. The van der Waals surface area contributed by atoms with E-state index in [0.717, 1.165) is 12.1 Å². The van der Waals surface area contributed by atoms with Crippen molar-refractivity contribution < 1.29 is 32.9 Å². The molecule has 32 heavy (non-hydrogen) atoms. The summed E-state index contributed by atoms with van der Waals surface area (Å²) in [5, 5.41) is 31.6. The van der Waals surface area contributed by atoms with Crippen molar-refractivity contribution in [3.8, 4) is 5.75 Å². The predicted molar refractivity (Wildman–Crippen MR) is 111 cm³/mol. The summed E-state index contributed by atoms with van der Waals surface area (Å²) < 4.78 is 55.9. The Morgan fingerprint density at radius 1 is 1.19 bits per heavy atom. The number of H-pyrrole nitrogens is 1. The number of fused-ring (bicyclic) bond motifs is 1. The SMILES string of the molecule is CCc1cc(NC(c2ccc(O)c(F)c2Cl)C(O)(CO)C(F)(F)F)c2ccc(=O)[nH]c2c1. The molecular weight excluding hydrogens is 456 g/mol. The molecule has 1 aromatic heterocycles. The van der Waals surface area contributed by atoms with Crippen molar-refractivity contribution in [3.63, 3.8) is 0 Å². The summed E-state index contributed by atoms with van der Waals surface area (Å²) >= 11 is 5.89. The van der Waals surface area contributed by atoms with Crippen LogP contribution in [0.1, 0.15) is 24.1 Å². The highest BCUT2D eigenvalue weighted by molar-refractivity contribution is 6.31. The number of aryl methyl sites for hydroxylation is 1. The lowest BCUT2D eigenvalue weighted by Gasteiger charge is -2.38. The molecule has 6 nitrogen and oxygen atoms in total. The van der Waals surface area contributed by atoms with E-state index in [1.54, 1.807) is 13.0 Å². The molecule has 0 aliphatic carbocycles. The summed E-state index contributed by atoms with van der Waals surface area (Å²) in [5.41, 5.74) is -3.73. The maximum atomic E-state index is 14.2. The molecule has 0 amide bonds. The number of alkyl halides is 3. The number of aromatic hydroxyl groups is 1. The number of nitrogens with one attached hydrogen (secondary N) is 2. The zero-order valence-corrected chi connectivity index (χ0v) is 17.4. The third-order valence-electron chi connectivity index (χ3n) is 5.22. The molecular formula is C21H19ClF4N2O4. The van der Waals surface area contributed by atoms with Crippen LogP contribution < -0.4 is 10.9 Å². The van der Waals surface area contributed by atoms with Crippen LogP contribution in [-0.2, 0) is 6.42 Å². The highest BCUT2D eigenvalue weighted by atomic mass is 35.5. The lowest BCUT2D eigenvalue weighted by Crippen LogP contribution is -2.55. The van der Waals surface area contributed by atoms with Gasteiger partial charge in [-0.25, -0.2) is 4.39 Å². The number of aromatic nitrogens is 1. The molecule has 0 saturated carbocycles. The average molecular weight is 475 g/mol. The van der Waals surface area contributed by atoms with Gasteiger partial charge in [0.15, 0.2) is 11.6 Å². The predicted octanol–water partition coefficient (Wildman–Crippen LogP) is 4.03. The van der Waals surface area contributed by atoms with Crippen molar-refractivity contribution in [1.82, 2.24) is 4.98 Å². The van der Waals surface area contributed by atoms with Crippen molar-refractivity contribution >= 4 is 28.2 Å². The van der Waals surface area contributed by atoms with Crippen LogP contribution in [0.5, 0.6) is 5.75 Å². The molecule has 3 aromatic rings. The smallest absolute Gasteiger partial charge is 0.421 e. The topological polar surface area (TPSA) is 106 Å². The lowest BCUT2D eigenvalue weighted by molar-refractivity contribution is -0.277. The molecule has 172 valence electrons. The largest absolute Gasteiger partial charge is 0.505 e. The van der Waals surface area contributed by atoms with Gasteiger partial charge in [0.1, 0.15) is 0 Å². The van der Waals surface area contributed by atoms with E-state index >= 15 is 0 Å². The molecule has 2 aromatic carbocycles. The van der Waals surface area contributed by atoms with Gasteiger partial charge in [-0.3, -0.25) is 4.79 Å². The Hall–Kier alpha value is -2.82. The minimum Gasteiger partial charge on any atom is -0.505 e. The van der Waals surface area contributed by atoms with Crippen LogP contribution in [0.2, 0.25) is 5.02 Å². The molecule has 2 atom stereocenters. The maximum absolute atomic E-state index is 14.2. The maximum Gasteiger partial charge on any atom is 0.421 e. The summed E-state index contributed by atoms with van der Waals surface area (Å²) in [7, 11) is 0. The van der Waals surface area contributed by atoms with Gasteiger partial charge in [-0.05, 0) is 41.8 Å². The quantitative estimate of drug-likeness (QED) is 0.347. The minimum atomic E-state index is -5.36. The van der Waals surface area contributed by atoms with Crippen LogP contribution in [0, 0.1) is 5.82 Å². The first kappa shape index (κ1) is 23.8. The van der Waals surface area contributed by atoms with Crippen molar-refractivity contribution in [2.24, 2.45) is 0 Å². The zero-order valence-electron chi connectivity index (χ0n) is 16.6. The molecule has 0 spiro atoms. The Morgan fingerprint density at radius 2 is 1.88 bits per heavy atom. The number of halogens is 5. The fraction of sp³-hybridized carbons (Fsp3) is 0.286. The summed E-state index contributed by atoms with van der Waals surface area (Å²) in [6, 6.07) is 5.22. The second-order valence-corrected chi connectivity index (χ2v) is 7.62. The highest BCUT2D eigenvalue weighted by Gasteiger charge is 2.59. The number of phenols is 1. The summed E-state index contributed by atoms with van der Waals surface area (Å²) in [6.45, 7) is 0.0185. The number of aromatic amines is 1. The van der Waals surface area contributed by atoms with Gasteiger partial charge in [-0.2, -0.15) is 13.2 Å². The molecule has 0 bridgehead atoms. The number of phenolic OH excluding ortho intramolecular Hbond substituents is 1. The Bertz CT molecular complexity index is 1210. The van der Waals surface area contributed by atoms with Crippen LogP contribution in [-0.4, -0.2) is 38.7 Å². The van der Waals surface area contributed by atoms with Gasteiger partial charge in [0, 0.05) is 17.1 Å². The second-order valence-electron chi connectivity index (χ2n) is 7.24. The molecule has 0 saturated heterocycles. The number of hydrogen-bond acceptors (Lipinski definition) is 5. The Labute approximate surface area is 184 Å². The molecule has 0 aliphatic heterocycles. The first-order valence-electron chi connectivity index (χ1n) is 9.42. The standard InChI is InChI=1S/C21H19ClF4N2O4/c1-2-10-7-13-11(4-6-16(31)27-13)14(8-10)28-19(20(32,9-29)21(24,25)26)12-3-5-15(30)18(23)17(12)22/h3-8,19,28-30,32H,2,9H2,1H3,(H,27,31). The number of pyridine rings is 1. The van der Waals surface area contributed by atoms with E-state index in [2.05, 4.69) is 10.3 Å². The first-order valence-corrected chi connectivity index (χ1v) is 9.80. The van der Waals surface area contributed by atoms with E-state index in [-0.39, 0.29) is 5.69 Å². The van der Waals surface area contributed by atoms with Gasteiger partial charge in [0.25, 0.3) is 0 Å². The van der Waals surface area contributed by atoms with E-state index in [1.807, 2.05) is 0 Å². The molecule has 1 heterocycles. The fourth-order valence-electron chi connectivity index (χ4n) is 3.38. The molecule has 0 aliphatic rings. The van der Waals surface area contributed by atoms with Crippen LogP contribution in [0.25, 0.3) is 10.9 Å². The van der Waals surface area contributed by atoms with E-state index in [9.17, 15) is 37.7 Å². The molecule has 0 radical (unpaired) electrons. The Morgan fingerprint density at radius 3 is 2.47 bits per heavy atom. The molecule has 5 N–H and O–H groups in total. The van der Waals surface area contributed by atoms with E-state index in [4.69, 9.17) is 11.6 Å². The van der Waals surface area contributed by atoms with Gasteiger partial charge in [-0.1, -0.05) is 24.6 Å². The number of aliphatic hydroxyl groups is 2. The second kappa shape index (κ2) is 8.61. The first-order chi connectivity index (χ1) is 14.9. The van der Waals surface area contributed by atoms with E-state index in [1.165, 1.54) is 18.2 Å². The normalized spacial score (nSPS) is 14.9. The van der Waals surface area contributed by atoms with E-state index < -0.39 is 52.1 Å². The van der Waals surface area contributed by atoms with Gasteiger partial charge in [0.05, 0.1) is 23.2 Å². The van der Waals surface area contributed by atoms with Crippen molar-refractivity contribution in [2.45, 2.75) is 31.2 Å². The van der Waals surface area contributed by atoms with E-state index in [0.29, 0.717) is 22.9 Å². The number of aliphatic hydroxyl groups excluding tert-OH is 1. The molecule has 2 unspecified atom stereocenters. The highest BCUT2D eigenvalue weighted by Crippen LogP contribution is 2.45. The molecule has 11 heteroatoms. The monoisotopic (exact) mass is 474 g/mol. The van der Waals surface area contributed by atoms with Crippen LogP contribution >= 0.6 is 11.6 Å². The minimum absolute atomic E-state index is 0.0706. The Kier molecular flexibility index (Phi) is 6.41. The van der Waals surface area contributed by atoms with Crippen molar-refractivity contribution in [2.75, 3.05) is 11.9 Å². The van der Waals surface area contributed by atoms with Gasteiger partial charge >= 0.3 is 6.18 Å². The number of hydrogen-bond donors (Lipinski definition) is 5. The van der Waals surface area contributed by atoms with Crippen LogP contribution in [0.4, 0.5) is 23.2 Å². The molecule has 0 fully saturated rings. The van der Waals surface area contributed by atoms with Crippen molar-refractivity contribution in [1.29, 1.82) is 0 Å². The lowest BCUT2D eigenvalue weighted by atomic mass is 9.87. The van der Waals surface area contributed by atoms with Crippen molar-refractivity contribution in [3.05, 3.63) is 68.7 Å². The summed E-state index contributed by atoms with van der Waals surface area (Å²) in [6.07, 6.45) is -4.89. The fourth-order valence-corrected chi connectivity index (χ4v) is 3.65. The zero-order chi connectivity index (χ0) is 23.8. The van der Waals surface area contributed by atoms with Crippen LogP contribution in [0.15, 0.2) is 41.2 Å². The van der Waals surface area contributed by atoms with Gasteiger partial charge in [-0.15, -0.1) is 0 Å². The molecule has 3 rings (SSSR count). The third kappa shape index (κ3) is 4.13. The van der Waals surface area contributed by atoms with Gasteiger partial charge in [0.2, 0.25) is 11.2 Å². The summed E-state index contributed by atoms with van der Waals surface area (Å²) in [5.74, 6) is -2.28. The number of benzene rings is 2. The third-order valence-corrected chi connectivity index (χ3v) is 5.60.